The smallest absolute Gasteiger partial charge is 0.274 e. The lowest BCUT2D eigenvalue weighted by atomic mass is 9.97. The molecule has 2 amide bonds. The number of nitrogens with zero attached hydrogens (tertiary/aromatic N) is 2. The summed E-state index contributed by atoms with van der Waals surface area (Å²) in [5, 5.41) is 17.1. The summed E-state index contributed by atoms with van der Waals surface area (Å²) in [7, 11) is 1.61. The van der Waals surface area contributed by atoms with Crippen LogP contribution in [0.2, 0.25) is 0 Å². The molecule has 39 heavy (non-hydrogen) atoms. The Bertz CT molecular complexity index is 1340. The van der Waals surface area contributed by atoms with Crippen molar-refractivity contribution in [1.29, 1.82) is 0 Å². The van der Waals surface area contributed by atoms with Crippen molar-refractivity contribution in [3.05, 3.63) is 81.2 Å². The van der Waals surface area contributed by atoms with E-state index in [0.29, 0.717) is 22.0 Å². The normalized spacial score (nSPS) is 15.8. The molecule has 204 valence electrons. The van der Waals surface area contributed by atoms with Crippen LogP contribution in [-0.2, 0) is 19.4 Å². The first kappa shape index (κ1) is 27.1. The minimum absolute atomic E-state index is 0.230. The zero-order valence-corrected chi connectivity index (χ0v) is 22.9. The van der Waals surface area contributed by atoms with E-state index in [1.807, 2.05) is 42.5 Å². The fourth-order valence-electron chi connectivity index (χ4n) is 5.22. The maximum Gasteiger partial charge on any atom is 0.274 e. The van der Waals surface area contributed by atoms with Crippen molar-refractivity contribution < 1.29 is 19.4 Å². The van der Waals surface area contributed by atoms with Crippen LogP contribution in [0.25, 0.3) is 0 Å². The first-order valence-electron chi connectivity index (χ1n) is 13.4. The first-order chi connectivity index (χ1) is 19.0. The molecular weight excluding hydrogens is 512 g/mol. The number of carbonyl (C=O) groups is 2. The molecule has 2 aromatic carbocycles. The Morgan fingerprint density at radius 2 is 1.92 bits per heavy atom. The fraction of sp³-hybridized carbons (Fsp3) is 0.367. The van der Waals surface area contributed by atoms with Gasteiger partial charge in [0.1, 0.15) is 10.8 Å². The predicted octanol–water partition coefficient (Wildman–Crippen LogP) is 4.47. The number of benzene rings is 2. The van der Waals surface area contributed by atoms with Gasteiger partial charge in [0.15, 0.2) is 0 Å². The van der Waals surface area contributed by atoms with Crippen LogP contribution in [0.15, 0.2) is 53.6 Å². The highest BCUT2D eigenvalue weighted by molar-refractivity contribution is 7.17. The first-order valence-corrected chi connectivity index (χ1v) is 14.2. The van der Waals surface area contributed by atoms with E-state index in [1.54, 1.807) is 19.4 Å². The van der Waals surface area contributed by atoms with E-state index in [4.69, 9.17) is 4.74 Å². The number of methoxy groups -OCH3 is 1. The summed E-state index contributed by atoms with van der Waals surface area (Å²) in [4.78, 5) is 30.0. The van der Waals surface area contributed by atoms with E-state index >= 15 is 0 Å². The lowest BCUT2D eigenvalue weighted by Crippen LogP contribution is -2.34. The van der Waals surface area contributed by atoms with E-state index in [1.165, 1.54) is 11.3 Å². The van der Waals surface area contributed by atoms with Crippen LogP contribution < -0.4 is 15.5 Å². The minimum atomic E-state index is -0.325. The number of carbonyl (C=O) groups excluding carboxylic acids is 2. The van der Waals surface area contributed by atoms with Crippen LogP contribution in [-0.4, -0.2) is 54.8 Å². The lowest BCUT2D eigenvalue weighted by molar-refractivity contribution is 0.0955. The topological polar surface area (TPSA) is 103 Å². The molecule has 2 heterocycles. The van der Waals surface area contributed by atoms with Crippen LogP contribution in [0.5, 0.6) is 5.75 Å². The number of likely N-dealkylation sites (tertiary alicyclic amines) is 1. The number of nitrogens with one attached hydrogen (secondary N) is 2. The number of thiophene rings is 1. The number of aliphatic hydroxyl groups excluding tert-OH is 1. The summed E-state index contributed by atoms with van der Waals surface area (Å²) in [5.41, 5.74) is 6.63. The average Bonchev–Trinajstić information content (AvgIpc) is 3.55. The maximum atomic E-state index is 13.3. The van der Waals surface area contributed by atoms with Gasteiger partial charge in [0, 0.05) is 23.6 Å². The zero-order chi connectivity index (χ0) is 27.2. The van der Waals surface area contributed by atoms with E-state index in [0.717, 1.165) is 79.1 Å². The molecule has 0 atom stereocenters. The van der Waals surface area contributed by atoms with Gasteiger partial charge < -0.3 is 15.2 Å². The van der Waals surface area contributed by atoms with E-state index in [2.05, 4.69) is 20.7 Å². The van der Waals surface area contributed by atoms with Crippen molar-refractivity contribution in [2.24, 2.45) is 11.0 Å². The molecule has 0 radical (unpaired) electrons. The average molecular weight is 547 g/mol. The van der Waals surface area contributed by atoms with E-state index in [9.17, 15) is 14.7 Å². The number of rotatable bonds is 9. The zero-order valence-electron chi connectivity index (χ0n) is 22.1. The molecule has 1 saturated heterocycles. The largest absolute Gasteiger partial charge is 0.497 e. The summed E-state index contributed by atoms with van der Waals surface area (Å²) in [6, 6.07) is 15.0. The number of hydrogen-bond donors (Lipinski definition) is 3. The summed E-state index contributed by atoms with van der Waals surface area (Å²) >= 11 is 1.48. The van der Waals surface area contributed by atoms with E-state index < -0.39 is 0 Å². The number of fused-ring (bicyclic) bond motifs is 1. The van der Waals surface area contributed by atoms with Crippen LogP contribution in [0.3, 0.4) is 0 Å². The van der Waals surface area contributed by atoms with Crippen molar-refractivity contribution in [1.82, 2.24) is 10.3 Å². The second-order valence-corrected chi connectivity index (χ2v) is 11.2. The van der Waals surface area contributed by atoms with Crippen LogP contribution in [0, 0.1) is 5.92 Å². The molecule has 5 rings (SSSR count). The second kappa shape index (κ2) is 12.5. The molecule has 2 aliphatic rings. The van der Waals surface area contributed by atoms with Crippen LogP contribution in [0.1, 0.15) is 61.5 Å². The Kier molecular flexibility index (Phi) is 8.71. The number of piperidine rings is 1. The van der Waals surface area contributed by atoms with Gasteiger partial charge in [-0.15, -0.1) is 11.3 Å². The third-order valence-corrected chi connectivity index (χ3v) is 8.64. The van der Waals surface area contributed by atoms with Gasteiger partial charge >= 0.3 is 0 Å². The highest BCUT2D eigenvalue weighted by atomic mass is 32.1. The number of anilines is 1. The number of aliphatic hydroxyl groups is 1. The lowest BCUT2D eigenvalue weighted by Gasteiger charge is -2.31. The highest BCUT2D eigenvalue weighted by Crippen LogP contribution is 2.39. The number of aryl methyl sites for hydroxylation is 1. The molecule has 1 aliphatic carbocycles. The summed E-state index contributed by atoms with van der Waals surface area (Å²) in [6.07, 6.45) is 6.30. The van der Waals surface area contributed by atoms with Crippen LogP contribution >= 0.6 is 11.3 Å². The number of hydrazone groups is 1. The fourth-order valence-corrected chi connectivity index (χ4v) is 6.50. The van der Waals surface area contributed by atoms with E-state index in [-0.39, 0.29) is 18.4 Å². The van der Waals surface area contributed by atoms with Crippen molar-refractivity contribution in [2.45, 2.75) is 38.6 Å². The van der Waals surface area contributed by atoms with Crippen LogP contribution in [0.4, 0.5) is 5.00 Å². The Labute approximate surface area is 232 Å². The van der Waals surface area contributed by atoms with Gasteiger partial charge in [0.25, 0.3) is 11.8 Å². The Morgan fingerprint density at radius 1 is 1.13 bits per heavy atom. The quantitative estimate of drug-likeness (QED) is 0.272. The third kappa shape index (κ3) is 6.55. The van der Waals surface area contributed by atoms with Crippen molar-refractivity contribution in [2.75, 3.05) is 32.1 Å². The number of hydrogen-bond acceptors (Lipinski definition) is 7. The summed E-state index contributed by atoms with van der Waals surface area (Å²) in [6.45, 7) is 2.92. The summed E-state index contributed by atoms with van der Waals surface area (Å²) < 4.78 is 5.17. The SMILES string of the molecule is COc1ccc(C=NNC(=O)c2c(NC(=O)c3cccc(CN4CCC(CO)CC4)c3)sc3c2CCC3)cc1. The van der Waals surface area contributed by atoms with Gasteiger partial charge in [-0.2, -0.15) is 5.10 Å². The molecule has 3 N–H and O–H groups in total. The van der Waals surface area contributed by atoms with Gasteiger partial charge in [-0.1, -0.05) is 12.1 Å². The van der Waals surface area contributed by atoms with Gasteiger partial charge in [-0.3, -0.25) is 14.5 Å². The van der Waals surface area contributed by atoms with Crippen molar-refractivity contribution in [3.63, 3.8) is 0 Å². The Balaban J connectivity index is 1.26. The summed E-state index contributed by atoms with van der Waals surface area (Å²) in [5.74, 6) is 0.588. The van der Waals surface area contributed by atoms with Gasteiger partial charge in [-0.25, -0.2) is 5.43 Å². The second-order valence-electron chi connectivity index (χ2n) is 10.1. The monoisotopic (exact) mass is 546 g/mol. The van der Waals surface area contributed by atoms with Crippen molar-refractivity contribution in [3.8, 4) is 5.75 Å². The van der Waals surface area contributed by atoms with Gasteiger partial charge in [-0.05, 0) is 104 Å². The molecule has 1 aromatic heterocycles. The number of ether oxygens (including phenoxy) is 1. The molecule has 1 fully saturated rings. The molecule has 9 heteroatoms. The predicted molar refractivity (Wildman–Crippen MR) is 154 cm³/mol. The molecule has 0 saturated carbocycles. The minimum Gasteiger partial charge on any atom is -0.497 e. The van der Waals surface area contributed by atoms with Crippen molar-refractivity contribution >= 4 is 34.4 Å². The van der Waals surface area contributed by atoms with Gasteiger partial charge in [0.05, 0.1) is 18.9 Å². The molecule has 8 nitrogen and oxygen atoms in total. The molecule has 0 bridgehead atoms. The molecule has 3 aromatic rings. The third-order valence-electron chi connectivity index (χ3n) is 7.43. The Hall–Kier alpha value is -3.53. The standard InChI is InChI=1S/C30H34N4O4S/c1-38-24-10-8-20(9-11-24)17-31-33-29(37)27-25-6-3-7-26(25)39-30(27)32-28(36)23-5-2-4-22(16-23)18-34-14-12-21(19-35)13-15-34/h2,4-5,8-11,16-17,21,35H,3,6-7,12-15,18-19H2,1H3,(H,32,36)(H,33,37). The number of amides is 2. The van der Waals surface area contributed by atoms with Gasteiger partial charge in [0.2, 0.25) is 0 Å². The highest BCUT2D eigenvalue weighted by Gasteiger charge is 2.28. The molecule has 0 unspecified atom stereocenters. The molecule has 0 spiro atoms. The Morgan fingerprint density at radius 3 is 2.67 bits per heavy atom. The molecular formula is C30H34N4O4S. The molecule has 1 aliphatic heterocycles. The maximum absolute atomic E-state index is 13.3.